The maximum atomic E-state index is 12.9. The summed E-state index contributed by atoms with van der Waals surface area (Å²) in [4.78, 5) is 38.1. The Hall–Kier alpha value is -3.58. The zero-order valence-electron chi connectivity index (χ0n) is 17.1. The van der Waals surface area contributed by atoms with Gasteiger partial charge in [-0.15, -0.1) is 0 Å². The minimum atomic E-state index is -0.255. The Kier molecular flexibility index (Phi) is 5.18. The summed E-state index contributed by atoms with van der Waals surface area (Å²) in [6, 6.07) is 17.7. The van der Waals surface area contributed by atoms with Crippen molar-refractivity contribution in [1.82, 2.24) is 24.3 Å². The van der Waals surface area contributed by atoms with Gasteiger partial charge in [-0.25, -0.2) is 4.98 Å². The molecule has 1 aliphatic heterocycles. The van der Waals surface area contributed by atoms with E-state index in [0.29, 0.717) is 24.1 Å². The lowest BCUT2D eigenvalue weighted by Gasteiger charge is -2.35. The second-order valence-corrected chi connectivity index (χ2v) is 7.82. The number of nitrogens with zero attached hydrogens (tertiary/aromatic N) is 5. The van der Waals surface area contributed by atoms with Crippen LogP contribution in [0, 0.1) is 0 Å². The number of pyridine rings is 1. The fourth-order valence-corrected chi connectivity index (χ4v) is 4.20. The molecule has 1 fully saturated rings. The van der Waals surface area contributed by atoms with Crippen LogP contribution < -0.4 is 5.56 Å². The van der Waals surface area contributed by atoms with Gasteiger partial charge in [0.1, 0.15) is 6.54 Å². The van der Waals surface area contributed by atoms with Gasteiger partial charge in [-0.2, -0.15) is 0 Å². The van der Waals surface area contributed by atoms with Crippen molar-refractivity contribution in [3.05, 3.63) is 82.9 Å². The van der Waals surface area contributed by atoms with Crippen molar-refractivity contribution in [3.63, 3.8) is 0 Å². The number of para-hydroxylation sites is 3. The summed E-state index contributed by atoms with van der Waals surface area (Å²) < 4.78 is 1.51. The van der Waals surface area contributed by atoms with Crippen LogP contribution in [0.25, 0.3) is 21.9 Å². The van der Waals surface area contributed by atoms with Gasteiger partial charge in [-0.05, 0) is 23.8 Å². The first-order valence-electron chi connectivity index (χ1n) is 10.5. The van der Waals surface area contributed by atoms with Gasteiger partial charge in [0.15, 0.2) is 0 Å². The third kappa shape index (κ3) is 3.92. The molecule has 1 aliphatic rings. The predicted octanol–water partition coefficient (Wildman–Crippen LogP) is 2.29. The quantitative estimate of drug-likeness (QED) is 0.513. The minimum Gasteiger partial charge on any atom is -0.339 e. The molecule has 2 aromatic carbocycles. The predicted molar refractivity (Wildman–Crippen MR) is 120 cm³/mol. The lowest BCUT2D eigenvalue weighted by Crippen LogP contribution is -2.49. The first-order valence-corrected chi connectivity index (χ1v) is 10.5. The Morgan fingerprint density at radius 1 is 0.903 bits per heavy atom. The molecule has 0 aliphatic carbocycles. The molecule has 5 rings (SSSR count). The lowest BCUT2D eigenvalue weighted by molar-refractivity contribution is -0.133. The van der Waals surface area contributed by atoms with E-state index in [0.717, 1.165) is 30.5 Å². The van der Waals surface area contributed by atoms with Crippen LogP contribution in [-0.4, -0.2) is 56.4 Å². The fraction of sp³-hybridized carbons (Fsp3) is 0.250. The number of carbonyl (C=O) groups is 1. The van der Waals surface area contributed by atoms with E-state index in [1.807, 2.05) is 41.4 Å². The largest absolute Gasteiger partial charge is 0.339 e. The van der Waals surface area contributed by atoms with Gasteiger partial charge in [-0.3, -0.25) is 24.0 Å². The number of aromatic nitrogens is 3. The Morgan fingerprint density at radius 3 is 2.58 bits per heavy atom. The maximum absolute atomic E-state index is 12.9. The van der Waals surface area contributed by atoms with Crippen molar-refractivity contribution < 1.29 is 4.79 Å². The molecular weight excluding hydrogens is 390 g/mol. The van der Waals surface area contributed by atoms with Gasteiger partial charge < -0.3 is 4.90 Å². The SMILES string of the molecule is O=C(Cn1c(=O)cnc2ccccc21)N1CCN(Cc2cccc3cccnc23)CC1. The summed E-state index contributed by atoms with van der Waals surface area (Å²) in [5.74, 6) is -0.0371. The van der Waals surface area contributed by atoms with Crippen molar-refractivity contribution in [2.75, 3.05) is 26.2 Å². The first kappa shape index (κ1) is 19.4. The molecule has 7 heteroatoms. The van der Waals surface area contributed by atoms with E-state index in [4.69, 9.17) is 0 Å². The van der Waals surface area contributed by atoms with Gasteiger partial charge >= 0.3 is 0 Å². The fourth-order valence-electron chi connectivity index (χ4n) is 4.20. The molecule has 0 atom stereocenters. The average Bonchev–Trinajstić information content (AvgIpc) is 2.81. The third-order valence-corrected chi connectivity index (χ3v) is 5.88. The topological polar surface area (TPSA) is 71.3 Å². The molecule has 1 saturated heterocycles. The highest BCUT2D eigenvalue weighted by Crippen LogP contribution is 2.18. The van der Waals surface area contributed by atoms with Crippen LogP contribution in [0.3, 0.4) is 0 Å². The summed E-state index contributed by atoms with van der Waals surface area (Å²) in [6.07, 6.45) is 3.11. The number of rotatable bonds is 4. The summed E-state index contributed by atoms with van der Waals surface area (Å²) in [5.41, 5.74) is 3.38. The highest BCUT2D eigenvalue weighted by atomic mass is 16.2. The standard InChI is InChI=1S/C24H23N5O2/c30-22-15-26-20-8-1-2-9-21(20)29(22)17-23(31)28-13-11-27(12-14-28)16-19-6-3-5-18-7-4-10-25-24(18)19/h1-10,15H,11-14,16-17H2. The summed E-state index contributed by atoms with van der Waals surface area (Å²) in [5, 5.41) is 1.14. The van der Waals surface area contributed by atoms with Crippen LogP contribution >= 0.6 is 0 Å². The van der Waals surface area contributed by atoms with Crippen LogP contribution in [0.1, 0.15) is 5.56 Å². The Bertz CT molecular complexity index is 1300. The highest BCUT2D eigenvalue weighted by Gasteiger charge is 2.22. The van der Waals surface area contributed by atoms with Crippen molar-refractivity contribution in [3.8, 4) is 0 Å². The van der Waals surface area contributed by atoms with Gasteiger partial charge in [-0.1, -0.05) is 36.4 Å². The maximum Gasteiger partial charge on any atom is 0.269 e. The van der Waals surface area contributed by atoms with Crippen molar-refractivity contribution in [2.45, 2.75) is 13.1 Å². The van der Waals surface area contributed by atoms with Gasteiger partial charge in [0, 0.05) is 44.3 Å². The van der Waals surface area contributed by atoms with Crippen molar-refractivity contribution in [2.24, 2.45) is 0 Å². The molecule has 3 heterocycles. The number of carbonyl (C=O) groups excluding carboxylic acids is 1. The molecule has 4 aromatic rings. The zero-order chi connectivity index (χ0) is 21.2. The molecule has 31 heavy (non-hydrogen) atoms. The van der Waals surface area contributed by atoms with Crippen molar-refractivity contribution in [1.29, 1.82) is 0 Å². The molecule has 0 unspecified atom stereocenters. The summed E-state index contributed by atoms with van der Waals surface area (Å²) >= 11 is 0. The van der Waals surface area contributed by atoms with Crippen molar-refractivity contribution >= 4 is 27.8 Å². The van der Waals surface area contributed by atoms with Gasteiger partial charge in [0.25, 0.3) is 5.56 Å². The second kappa shape index (κ2) is 8.28. The zero-order valence-corrected chi connectivity index (χ0v) is 17.1. The molecule has 1 amide bonds. The van der Waals surface area contributed by atoms with Crippen LogP contribution in [0.15, 0.2) is 71.8 Å². The minimum absolute atomic E-state index is 0.0368. The first-order chi connectivity index (χ1) is 15.2. The van der Waals surface area contributed by atoms with E-state index >= 15 is 0 Å². The molecule has 2 aromatic heterocycles. The molecule has 0 radical (unpaired) electrons. The lowest BCUT2D eigenvalue weighted by atomic mass is 10.1. The number of hydrogen-bond donors (Lipinski definition) is 0. The summed E-state index contributed by atoms with van der Waals surface area (Å²) in [6.45, 7) is 3.73. The molecule has 0 N–H and O–H groups in total. The monoisotopic (exact) mass is 413 g/mol. The highest BCUT2D eigenvalue weighted by molar-refractivity contribution is 5.82. The van der Waals surface area contributed by atoms with Crippen LogP contribution in [-0.2, 0) is 17.9 Å². The number of fused-ring (bicyclic) bond motifs is 2. The Balaban J connectivity index is 1.25. The Morgan fingerprint density at radius 2 is 1.71 bits per heavy atom. The molecule has 7 nitrogen and oxygen atoms in total. The molecule has 156 valence electrons. The van der Waals surface area contributed by atoms with E-state index < -0.39 is 0 Å². The van der Waals surface area contributed by atoms with E-state index in [1.165, 1.54) is 16.3 Å². The van der Waals surface area contributed by atoms with Crippen LogP contribution in [0.4, 0.5) is 0 Å². The number of hydrogen-bond acceptors (Lipinski definition) is 5. The van der Waals surface area contributed by atoms with Gasteiger partial charge in [0.2, 0.25) is 5.91 Å². The van der Waals surface area contributed by atoms with E-state index in [1.54, 1.807) is 0 Å². The third-order valence-electron chi connectivity index (χ3n) is 5.88. The normalized spacial score (nSPS) is 14.9. The summed E-state index contributed by atoms with van der Waals surface area (Å²) in [7, 11) is 0. The van der Waals surface area contributed by atoms with Gasteiger partial charge in [0.05, 0.1) is 22.7 Å². The molecule has 0 spiro atoms. The number of piperazine rings is 1. The molecule has 0 bridgehead atoms. The Labute approximate surface area is 179 Å². The van der Waals surface area contributed by atoms with E-state index in [9.17, 15) is 9.59 Å². The molecular formula is C24H23N5O2. The molecule has 0 saturated carbocycles. The van der Waals surface area contributed by atoms with E-state index in [-0.39, 0.29) is 18.0 Å². The second-order valence-electron chi connectivity index (χ2n) is 7.82. The van der Waals surface area contributed by atoms with E-state index in [2.05, 4.69) is 39.1 Å². The van der Waals surface area contributed by atoms with Crippen LogP contribution in [0.5, 0.6) is 0 Å². The number of amides is 1. The smallest absolute Gasteiger partial charge is 0.269 e. The number of benzene rings is 2. The van der Waals surface area contributed by atoms with Crippen LogP contribution in [0.2, 0.25) is 0 Å². The average molecular weight is 413 g/mol.